The van der Waals surface area contributed by atoms with Crippen molar-refractivity contribution >= 4 is 0 Å². The Kier molecular flexibility index (Phi) is 2.79. The van der Waals surface area contributed by atoms with Crippen LogP contribution in [0.5, 0.6) is 0 Å². The van der Waals surface area contributed by atoms with Gasteiger partial charge in [-0.1, -0.05) is 25.5 Å². The predicted molar refractivity (Wildman–Crippen MR) is 58.3 cm³/mol. The highest BCUT2D eigenvalue weighted by atomic mass is 19.1. The van der Waals surface area contributed by atoms with E-state index >= 15 is 0 Å². The van der Waals surface area contributed by atoms with Crippen molar-refractivity contribution in [2.75, 3.05) is 0 Å². The van der Waals surface area contributed by atoms with E-state index in [2.05, 4.69) is 6.92 Å². The Morgan fingerprint density at radius 2 is 2.20 bits per heavy atom. The minimum atomic E-state index is -0.162. The Labute approximate surface area is 89.9 Å². The maximum absolute atomic E-state index is 13.1. The molecule has 1 nitrogen and oxygen atoms in total. The molecule has 15 heavy (non-hydrogen) atoms. The summed E-state index contributed by atoms with van der Waals surface area (Å²) in [5.74, 6) is 0.630. The van der Waals surface area contributed by atoms with E-state index in [0.29, 0.717) is 17.4 Å². The van der Waals surface area contributed by atoms with Crippen LogP contribution in [0.2, 0.25) is 0 Å². The molecular formula is C13H17FO. The molecule has 0 spiro atoms. The van der Waals surface area contributed by atoms with Gasteiger partial charge in [0.15, 0.2) is 0 Å². The summed E-state index contributed by atoms with van der Waals surface area (Å²) < 4.78 is 13.1. The molecule has 1 aromatic rings. The first-order chi connectivity index (χ1) is 7.13. The molecule has 1 aliphatic rings. The molecule has 0 radical (unpaired) electrons. The summed E-state index contributed by atoms with van der Waals surface area (Å²) >= 11 is 0. The van der Waals surface area contributed by atoms with Crippen molar-refractivity contribution in [2.24, 2.45) is 5.92 Å². The molecule has 1 aliphatic carbocycles. The number of benzene rings is 1. The second-order valence-electron chi connectivity index (χ2n) is 4.49. The van der Waals surface area contributed by atoms with Crippen LogP contribution in [-0.2, 0) is 0 Å². The van der Waals surface area contributed by atoms with Crippen LogP contribution in [0, 0.1) is 18.7 Å². The molecule has 1 N–H and O–H groups in total. The molecule has 3 unspecified atom stereocenters. The molecule has 0 heterocycles. The quantitative estimate of drug-likeness (QED) is 0.792. The van der Waals surface area contributed by atoms with Gasteiger partial charge in [0.05, 0.1) is 6.10 Å². The van der Waals surface area contributed by atoms with Crippen LogP contribution < -0.4 is 0 Å². The molecule has 3 atom stereocenters. The Bertz CT molecular complexity index is 362. The van der Waals surface area contributed by atoms with Crippen LogP contribution in [-0.4, -0.2) is 11.2 Å². The van der Waals surface area contributed by atoms with Gasteiger partial charge in [-0.25, -0.2) is 4.39 Å². The van der Waals surface area contributed by atoms with E-state index in [-0.39, 0.29) is 11.9 Å². The number of hydrogen-bond acceptors (Lipinski definition) is 1. The lowest BCUT2D eigenvalue weighted by molar-refractivity contribution is -0.000760. The zero-order valence-electron chi connectivity index (χ0n) is 9.20. The van der Waals surface area contributed by atoms with Crippen LogP contribution in [0.25, 0.3) is 0 Å². The van der Waals surface area contributed by atoms with E-state index < -0.39 is 0 Å². The van der Waals surface area contributed by atoms with Gasteiger partial charge in [-0.2, -0.15) is 0 Å². The molecule has 0 bridgehead atoms. The monoisotopic (exact) mass is 208 g/mol. The van der Waals surface area contributed by atoms with Crippen LogP contribution in [0.1, 0.15) is 36.8 Å². The highest BCUT2D eigenvalue weighted by Gasteiger charge is 2.39. The van der Waals surface area contributed by atoms with Gasteiger partial charge in [-0.15, -0.1) is 0 Å². The lowest BCUT2D eigenvalue weighted by atomic mass is 9.66. The van der Waals surface area contributed by atoms with Crippen molar-refractivity contribution in [1.82, 2.24) is 0 Å². The highest BCUT2D eigenvalue weighted by Crippen LogP contribution is 2.44. The predicted octanol–water partition coefficient (Wildman–Crippen LogP) is 3.01. The lowest BCUT2D eigenvalue weighted by Crippen LogP contribution is -2.39. The van der Waals surface area contributed by atoms with E-state index in [9.17, 15) is 9.50 Å². The van der Waals surface area contributed by atoms with Crippen molar-refractivity contribution in [1.29, 1.82) is 0 Å². The standard InChI is InChI=1S/C13H17FO/c1-3-10-11(7-13(10)15)9-4-5-12(14)8(2)6-9/h4-6,10-11,13,15H,3,7H2,1-2H3. The van der Waals surface area contributed by atoms with Gasteiger partial charge in [-0.3, -0.25) is 0 Å². The van der Waals surface area contributed by atoms with E-state index in [1.54, 1.807) is 6.92 Å². The van der Waals surface area contributed by atoms with E-state index in [1.807, 2.05) is 12.1 Å². The fraction of sp³-hybridized carbons (Fsp3) is 0.538. The van der Waals surface area contributed by atoms with E-state index in [4.69, 9.17) is 0 Å². The van der Waals surface area contributed by atoms with Crippen molar-refractivity contribution in [3.05, 3.63) is 35.1 Å². The number of aryl methyl sites for hydroxylation is 1. The van der Waals surface area contributed by atoms with E-state index in [0.717, 1.165) is 12.8 Å². The number of halogens is 1. The van der Waals surface area contributed by atoms with E-state index in [1.165, 1.54) is 11.6 Å². The molecule has 1 aromatic carbocycles. The van der Waals surface area contributed by atoms with Crippen LogP contribution in [0.3, 0.4) is 0 Å². The van der Waals surface area contributed by atoms with Crippen molar-refractivity contribution < 1.29 is 9.50 Å². The highest BCUT2D eigenvalue weighted by molar-refractivity contribution is 5.29. The third kappa shape index (κ3) is 1.78. The average Bonchev–Trinajstić information content (AvgIpc) is 2.19. The molecule has 2 rings (SSSR count). The summed E-state index contributed by atoms with van der Waals surface area (Å²) in [5, 5.41) is 9.59. The summed E-state index contributed by atoms with van der Waals surface area (Å²) in [6.45, 7) is 3.88. The Morgan fingerprint density at radius 1 is 1.47 bits per heavy atom. The van der Waals surface area contributed by atoms with Crippen molar-refractivity contribution in [2.45, 2.75) is 38.7 Å². The molecule has 2 heteroatoms. The topological polar surface area (TPSA) is 20.2 Å². The largest absolute Gasteiger partial charge is 0.393 e. The van der Waals surface area contributed by atoms with Gasteiger partial charge in [0.25, 0.3) is 0 Å². The zero-order chi connectivity index (χ0) is 11.0. The first-order valence-corrected chi connectivity index (χ1v) is 5.57. The molecule has 1 saturated carbocycles. The number of aliphatic hydroxyl groups is 1. The van der Waals surface area contributed by atoms with Gasteiger partial charge in [0.1, 0.15) is 5.82 Å². The first-order valence-electron chi connectivity index (χ1n) is 5.57. The molecule has 82 valence electrons. The van der Waals surface area contributed by atoms with Gasteiger partial charge in [0.2, 0.25) is 0 Å². The maximum atomic E-state index is 13.1. The van der Waals surface area contributed by atoms with Gasteiger partial charge in [-0.05, 0) is 42.4 Å². The van der Waals surface area contributed by atoms with Crippen LogP contribution >= 0.6 is 0 Å². The summed E-state index contributed by atoms with van der Waals surface area (Å²) in [7, 11) is 0. The fourth-order valence-corrected chi connectivity index (χ4v) is 2.52. The molecule has 0 saturated heterocycles. The zero-order valence-corrected chi connectivity index (χ0v) is 9.20. The number of hydrogen-bond donors (Lipinski definition) is 1. The summed E-state index contributed by atoms with van der Waals surface area (Å²) in [6, 6.07) is 5.29. The third-order valence-corrected chi connectivity index (χ3v) is 3.59. The fourth-order valence-electron chi connectivity index (χ4n) is 2.52. The lowest BCUT2D eigenvalue weighted by Gasteiger charge is -2.41. The second kappa shape index (κ2) is 3.93. The summed E-state index contributed by atoms with van der Waals surface area (Å²) in [5.41, 5.74) is 1.87. The Hall–Kier alpha value is -0.890. The van der Waals surface area contributed by atoms with Crippen LogP contribution in [0.15, 0.2) is 18.2 Å². The third-order valence-electron chi connectivity index (χ3n) is 3.59. The first kappa shape index (κ1) is 10.6. The minimum absolute atomic E-state index is 0.147. The maximum Gasteiger partial charge on any atom is 0.126 e. The molecular weight excluding hydrogens is 191 g/mol. The van der Waals surface area contributed by atoms with Crippen molar-refractivity contribution in [3.63, 3.8) is 0 Å². The summed E-state index contributed by atoms with van der Waals surface area (Å²) in [6.07, 6.45) is 1.65. The van der Waals surface area contributed by atoms with Gasteiger partial charge in [0, 0.05) is 0 Å². The number of aliphatic hydroxyl groups excluding tert-OH is 1. The van der Waals surface area contributed by atoms with Crippen molar-refractivity contribution in [3.8, 4) is 0 Å². The molecule has 0 amide bonds. The smallest absolute Gasteiger partial charge is 0.126 e. The molecule has 0 aromatic heterocycles. The minimum Gasteiger partial charge on any atom is -0.393 e. The number of rotatable bonds is 2. The Balaban J connectivity index is 2.20. The van der Waals surface area contributed by atoms with Gasteiger partial charge >= 0.3 is 0 Å². The average molecular weight is 208 g/mol. The second-order valence-corrected chi connectivity index (χ2v) is 4.49. The molecule has 1 fully saturated rings. The SMILES string of the molecule is CCC1C(O)CC1c1ccc(F)c(C)c1. The molecule has 0 aliphatic heterocycles. The summed E-state index contributed by atoms with van der Waals surface area (Å²) in [4.78, 5) is 0. The van der Waals surface area contributed by atoms with Crippen LogP contribution in [0.4, 0.5) is 4.39 Å². The Morgan fingerprint density at radius 3 is 2.73 bits per heavy atom. The normalized spacial score (nSPS) is 30.0. The van der Waals surface area contributed by atoms with Gasteiger partial charge < -0.3 is 5.11 Å².